The summed E-state index contributed by atoms with van der Waals surface area (Å²) < 4.78 is 29.2. The highest BCUT2D eigenvalue weighted by Gasteiger charge is 2.13. The number of fused-ring (bicyclic) bond motifs is 5. The SMILES string of the molecule is C1CNSC1.O=S1(=O)N=CC=N1.c1ccc2c(c1)ccc1c3c(ccc12)CCCC3. The van der Waals surface area contributed by atoms with Gasteiger partial charge >= 0.3 is 10.2 Å². The molecule has 6 rings (SSSR count). The van der Waals surface area contributed by atoms with Crippen molar-refractivity contribution in [3.8, 4) is 0 Å². The number of benzene rings is 3. The minimum absolute atomic E-state index is 1.13. The molecule has 0 unspecified atom stereocenters. The normalized spacial score (nSPS) is 18.4. The van der Waals surface area contributed by atoms with Gasteiger partial charge in [0.1, 0.15) is 0 Å². The molecule has 5 nitrogen and oxygen atoms in total. The van der Waals surface area contributed by atoms with Gasteiger partial charge in [0.2, 0.25) is 0 Å². The van der Waals surface area contributed by atoms with E-state index in [0.29, 0.717) is 0 Å². The molecule has 1 fully saturated rings. The Morgan fingerprint density at radius 3 is 2.23 bits per heavy atom. The standard InChI is InChI=1S/C18H16.C3H7NS.C2H2N2O2S/c1-3-7-15-13(5-1)9-11-18-16-8-4-2-6-14(16)10-12-17(15)18;1-2-4-5-3-1;5-7(6)3-1-2-4-7/h1,3,5,7,9-12H,2,4,6,8H2;4H,1-3H2;1-2H. The van der Waals surface area contributed by atoms with Crippen molar-refractivity contribution < 1.29 is 8.42 Å². The largest absolute Gasteiger partial charge is 0.363 e. The van der Waals surface area contributed by atoms with E-state index in [1.54, 1.807) is 11.1 Å². The van der Waals surface area contributed by atoms with Crippen molar-refractivity contribution in [1.82, 2.24) is 4.72 Å². The molecule has 3 aromatic rings. The Hall–Kier alpha value is -2.22. The van der Waals surface area contributed by atoms with E-state index < -0.39 is 10.2 Å². The third-order valence-corrected chi connectivity index (χ3v) is 7.02. The lowest BCUT2D eigenvalue weighted by Gasteiger charge is -2.18. The maximum absolute atomic E-state index is 10.0. The van der Waals surface area contributed by atoms with Gasteiger partial charge in [-0.3, -0.25) is 4.72 Å². The van der Waals surface area contributed by atoms with Gasteiger partial charge in [-0.05, 0) is 64.8 Å². The zero-order valence-electron chi connectivity index (χ0n) is 16.8. The molecule has 156 valence electrons. The maximum atomic E-state index is 10.0. The van der Waals surface area contributed by atoms with Crippen molar-refractivity contribution in [2.75, 3.05) is 12.3 Å². The summed E-state index contributed by atoms with van der Waals surface area (Å²) in [4.78, 5) is 0. The Balaban J connectivity index is 0.000000149. The van der Waals surface area contributed by atoms with E-state index in [0.717, 1.165) is 12.4 Å². The topological polar surface area (TPSA) is 70.9 Å². The first kappa shape index (κ1) is 21.0. The molecule has 1 aliphatic carbocycles. The summed E-state index contributed by atoms with van der Waals surface area (Å²) in [6.07, 6.45) is 8.84. The van der Waals surface area contributed by atoms with Crippen molar-refractivity contribution in [2.24, 2.45) is 8.80 Å². The van der Waals surface area contributed by atoms with Gasteiger partial charge in [-0.2, -0.15) is 17.2 Å². The van der Waals surface area contributed by atoms with Crippen molar-refractivity contribution in [1.29, 1.82) is 0 Å². The van der Waals surface area contributed by atoms with Crippen LogP contribution in [-0.4, -0.2) is 33.1 Å². The molecular weight excluding hydrogens is 414 g/mol. The molecule has 0 aromatic heterocycles. The molecule has 2 heterocycles. The fourth-order valence-corrected chi connectivity index (χ4v) is 5.13. The van der Waals surface area contributed by atoms with Crippen molar-refractivity contribution in [3.63, 3.8) is 0 Å². The molecule has 1 saturated heterocycles. The summed E-state index contributed by atoms with van der Waals surface area (Å²) >= 11 is 1.82. The predicted molar refractivity (Wildman–Crippen MR) is 129 cm³/mol. The van der Waals surface area contributed by atoms with E-state index in [1.165, 1.54) is 65.9 Å². The molecule has 3 aliphatic rings. The van der Waals surface area contributed by atoms with Crippen LogP contribution in [0.5, 0.6) is 0 Å². The van der Waals surface area contributed by atoms with Crippen molar-refractivity contribution in [3.05, 3.63) is 59.7 Å². The summed E-state index contributed by atoms with van der Waals surface area (Å²) in [5, 5.41) is 5.64. The molecule has 0 amide bonds. The van der Waals surface area contributed by atoms with E-state index in [9.17, 15) is 8.42 Å². The van der Waals surface area contributed by atoms with E-state index in [1.807, 2.05) is 11.9 Å². The van der Waals surface area contributed by atoms with Crippen molar-refractivity contribution >= 4 is 56.1 Å². The number of hydrogen-bond acceptors (Lipinski definition) is 4. The highest BCUT2D eigenvalue weighted by atomic mass is 32.2. The van der Waals surface area contributed by atoms with Crippen LogP contribution in [0.3, 0.4) is 0 Å². The Morgan fingerprint density at radius 1 is 0.800 bits per heavy atom. The first-order valence-electron chi connectivity index (χ1n) is 10.3. The van der Waals surface area contributed by atoms with Gasteiger partial charge in [0.05, 0.1) is 12.4 Å². The number of nitrogens with one attached hydrogen (secondary N) is 1. The zero-order valence-corrected chi connectivity index (χ0v) is 18.4. The molecule has 0 spiro atoms. The van der Waals surface area contributed by atoms with Crippen LogP contribution in [0.1, 0.15) is 30.4 Å². The van der Waals surface area contributed by atoms with Crippen LogP contribution in [0.2, 0.25) is 0 Å². The summed E-state index contributed by atoms with van der Waals surface area (Å²) in [6, 6.07) is 18.0. The molecule has 0 saturated carbocycles. The van der Waals surface area contributed by atoms with Crippen LogP contribution in [0.15, 0.2) is 57.3 Å². The second kappa shape index (κ2) is 9.73. The van der Waals surface area contributed by atoms with E-state index in [-0.39, 0.29) is 0 Å². The summed E-state index contributed by atoms with van der Waals surface area (Å²) in [7, 11) is -3.41. The average molecular weight is 440 g/mol. The van der Waals surface area contributed by atoms with Gasteiger partial charge in [0, 0.05) is 12.3 Å². The maximum Gasteiger partial charge on any atom is 0.363 e. The van der Waals surface area contributed by atoms with Gasteiger partial charge in [0.15, 0.2) is 0 Å². The number of aryl methyl sites for hydroxylation is 2. The molecule has 0 atom stereocenters. The van der Waals surface area contributed by atoms with Crippen molar-refractivity contribution in [2.45, 2.75) is 32.1 Å². The average Bonchev–Trinajstić information content (AvgIpc) is 3.49. The fraction of sp³-hybridized carbons (Fsp3) is 0.304. The lowest BCUT2D eigenvalue weighted by atomic mass is 9.86. The zero-order chi connectivity index (χ0) is 20.8. The summed E-state index contributed by atoms with van der Waals surface area (Å²) in [5.74, 6) is 1.31. The van der Waals surface area contributed by atoms with Gasteiger partial charge in [0.25, 0.3) is 0 Å². The lowest BCUT2D eigenvalue weighted by molar-refractivity contribution is 0.601. The number of hydrogen-bond donors (Lipinski definition) is 1. The van der Waals surface area contributed by atoms with Gasteiger partial charge in [-0.15, -0.1) is 0 Å². The minimum atomic E-state index is -3.41. The highest BCUT2D eigenvalue weighted by Crippen LogP contribution is 2.33. The Labute approximate surface area is 182 Å². The first-order valence-corrected chi connectivity index (χ1v) is 12.6. The Bertz CT molecular complexity index is 1170. The van der Waals surface area contributed by atoms with E-state index >= 15 is 0 Å². The molecule has 30 heavy (non-hydrogen) atoms. The van der Waals surface area contributed by atoms with Crippen LogP contribution in [-0.2, 0) is 23.1 Å². The first-order chi connectivity index (χ1) is 14.6. The Kier molecular flexibility index (Phi) is 6.82. The van der Waals surface area contributed by atoms with Crippen LogP contribution in [0.4, 0.5) is 0 Å². The third kappa shape index (κ3) is 5.09. The lowest BCUT2D eigenvalue weighted by Crippen LogP contribution is -2.02. The number of nitrogens with zero attached hydrogens (tertiary/aromatic N) is 2. The molecule has 7 heteroatoms. The molecule has 3 aromatic carbocycles. The third-order valence-electron chi connectivity index (χ3n) is 5.34. The predicted octanol–water partition coefficient (Wildman–Crippen LogP) is 4.89. The number of rotatable bonds is 0. The van der Waals surface area contributed by atoms with E-state index in [2.05, 4.69) is 62.0 Å². The van der Waals surface area contributed by atoms with Crippen LogP contribution in [0, 0.1) is 0 Å². The molecule has 0 radical (unpaired) electrons. The molecule has 0 bridgehead atoms. The molecule has 1 N–H and O–H groups in total. The summed E-state index contributed by atoms with van der Waals surface area (Å²) in [6.45, 7) is 1.21. The second-order valence-electron chi connectivity index (χ2n) is 7.35. The van der Waals surface area contributed by atoms with Crippen LogP contribution >= 0.6 is 11.9 Å². The van der Waals surface area contributed by atoms with Crippen LogP contribution < -0.4 is 4.72 Å². The van der Waals surface area contributed by atoms with Gasteiger partial charge < -0.3 is 0 Å². The molecule has 2 aliphatic heterocycles. The Morgan fingerprint density at radius 2 is 1.57 bits per heavy atom. The smallest absolute Gasteiger partial charge is 0.264 e. The second-order valence-corrected chi connectivity index (χ2v) is 9.65. The van der Waals surface area contributed by atoms with E-state index in [4.69, 9.17) is 0 Å². The molecular formula is C23H25N3O2S2. The quantitative estimate of drug-likeness (QED) is 0.400. The minimum Gasteiger partial charge on any atom is -0.264 e. The fourth-order valence-electron chi connectivity index (χ4n) is 3.94. The summed E-state index contributed by atoms with van der Waals surface area (Å²) in [5.41, 5.74) is 3.17. The van der Waals surface area contributed by atoms with Crippen LogP contribution in [0.25, 0.3) is 21.5 Å². The monoisotopic (exact) mass is 439 g/mol. The van der Waals surface area contributed by atoms with Gasteiger partial charge in [-0.25, -0.2) is 0 Å². The highest BCUT2D eigenvalue weighted by molar-refractivity contribution is 7.97. The van der Waals surface area contributed by atoms with Gasteiger partial charge in [-0.1, -0.05) is 60.5 Å².